The Labute approximate surface area is 93.8 Å². The van der Waals surface area contributed by atoms with Gasteiger partial charge in [0.25, 0.3) is 0 Å². The van der Waals surface area contributed by atoms with Gasteiger partial charge in [-0.2, -0.15) is 11.3 Å². The summed E-state index contributed by atoms with van der Waals surface area (Å²) in [6.45, 7) is 1.93. The fourth-order valence-electron chi connectivity index (χ4n) is 1.46. The van der Waals surface area contributed by atoms with E-state index in [-0.39, 0.29) is 0 Å². The first-order valence-electron chi connectivity index (χ1n) is 5.04. The number of nitrogens with one attached hydrogen (secondary N) is 1. The van der Waals surface area contributed by atoms with Crippen molar-refractivity contribution in [1.29, 1.82) is 0 Å². The molecule has 80 valence electrons. The summed E-state index contributed by atoms with van der Waals surface area (Å²) in [4.78, 5) is 4.28. The van der Waals surface area contributed by atoms with Crippen molar-refractivity contribution in [1.82, 2.24) is 14.9 Å². The number of hydrogen-bond acceptors (Lipinski definition) is 3. The zero-order valence-corrected chi connectivity index (χ0v) is 9.63. The summed E-state index contributed by atoms with van der Waals surface area (Å²) in [5.41, 5.74) is 1.36. The SMILES string of the molecule is Cn1ccnc1CCNCc1ccsc1. The molecule has 4 heteroatoms. The van der Waals surface area contributed by atoms with Crippen molar-refractivity contribution in [3.63, 3.8) is 0 Å². The minimum absolute atomic E-state index is 0.952. The lowest BCUT2D eigenvalue weighted by Crippen LogP contribution is -2.17. The molecule has 0 amide bonds. The molecular weight excluding hydrogens is 206 g/mol. The van der Waals surface area contributed by atoms with Gasteiger partial charge < -0.3 is 9.88 Å². The largest absolute Gasteiger partial charge is 0.338 e. The monoisotopic (exact) mass is 221 g/mol. The molecule has 0 spiro atoms. The first-order chi connectivity index (χ1) is 7.36. The second-order valence-corrected chi connectivity index (χ2v) is 4.29. The highest BCUT2D eigenvalue weighted by Gasteiger charge is 1.98. The summed E-state index contributed by atoms with van der Waals surface area (Å²) in [7, 11) is 2.03. The predicted molar refractivity (Wildman–Crippen MR) is 62.9 cm³/mol. The Morgan fingerprint density at radius 2 is 2.47 bits per heavy atom. The van der Waals surface area contributed by atoms with E-state index in [0.29, 0.717) is 0 Å². The molecule has 0 aliphatic carbocycles. The van der Waals surface area contributed by atoms with Gasteiger partial charge in [-0.15, -0.1) is 0 Å². The van der Waals surface area contributed by atoms with Gasteiger partial charge in [0.2, 0.25) is 0 Å². The van der Waals surface area contributed by atoms with E-state index in [9.17, 15) is 0 Å². The Hall–Kier alpha value is -1.13. The minimum Gasteiger partial charge on any atom is -0.338 e. The number of hydrogen-bond donors (Lipinski definition) is 1. The molecular formula is C11H15N3S. The van der Waals surface area contributed by atoms with Crippen LogP contribution in [-0.4, -0.2) is 16.1 Å². The molecule has 0 saturated carbocycles. The number of aryl methyl sites for hydroxylation is 1. The molecule has 0 aliphatic rings. The van der Waals surface area contributed by atoms with E-state index in [0.717, 1.165) is 25.3 Å². The number of rotatable bonds is 5. The minimum atomic E-state index is 0.952. The highest BCUT2D eigenvalue weighted by atomic mass is 32.1. The maximum Gasteiger partial charge on any atom is 0.109 e. The van der Waals surface area contributed by atoms with Crippen molar-refractivity contribution in [2.24, 2.45) is 7.05 Å². The summed E-state index contributed by atoms with van der Waals surface area (Å²) in [6.07, 6.45) is 4.80. The molecule has 0 saturated heterocycles. The van der Waals surface area contributed by atoms with Gasteiger partial charge in [-0.1, -0.05) is 0 Å². The van der Waals surface area contributed by atoms with Crippen molar-refractivity contribution in [2.75, 3.05) is 6.54 Å². The topological polar surface area (TPSA) is 29.9 Å². The van der Waals surface area contributed by atoms with Crippen LogP contribution in [0.15, 0.2) is 29.2 Å². The van der Waals surface area contributed by atoms with Crippen molar-refractivity contribution in [2.45, 2.75) is 13.0 Å². The van der Waals surface area contributed by atoms with Gasteiger partial charge >= 0.3 is 0 Å². The standard InChI is InChI=1S/C11H15N3S/c1-14-6-5-13-11(14)2-4-12-8-10-3-7-15-9-10/h3,5-7,9,12H,2,4,8H2,1H3. The predicted octanol–water partition coefficient (Wildman–Crippen LogP) is 1.81. The van der Waals surface area contributed by atoms with Crippen molar-refractivity contribution >= 4 is 11.3 Å². The second kappa shape index (κ2) is 5.09. The van der Waals surface area contributed by atoms with Crippen LogP contribution >= 0.6 is 11.3 Å². The summed E-state index contributed by atoms with van der Waals surface area (Å²) >= 11 is 1.74. The molecule has 1 N–H and O–H groups in total. The molecule has 0 unspecified atom stereocenters. The Morgan fingerprint density at radius 1 is 1.53 bits per heavy atom. The van der Waals surface area contributed by atoms with E-state index in [1.54, 1.807) is 11.3 Å². The molecule has 3 nitrogen and oxygen atoms in total. The Kier molecular flexibility index (Phi) is 3.53. The number of thiophene rings is 1. The zero-order chi connectivity index (χ0) is 10.5. The van der Waals surface area contributed by atoms with Crippen LogP contribution in [0.5, 0.6) is 0 Å². The third-order valence-corrected chi connectivity index (χ3v) is 3.09. The van der Waals surface area contributed by atoms with Crippen LogP contribution in [0, 0.1) is 0 Å². The van der Waals surface area contributed by atoms with Crippen LogP contribution in [0.1, 0.15) is 11.4 Å². The van der Waals surface area contributed by atoms with Gasteiger partial charge in [-0.25, -0.2) is 4.98 Å². The highest BCUT2D eigenvalue weighted by molar-refractivity contribution is 7.07. The van der Waals surface area contributed by atoms with Crippen molar-refractivity contribution in [3.8, 4) is 0 Å². The average Bonchev–Trinajstić information content (AvgIpc) is 2.85. The maximum absolute atomic E-state index is 4.28. The van der Waals surface area contributed by atoms with E-state index in [1.165, 1.54) is 5.56 Å². The van der Waals surface area contributed by atoms with E-state index >= 15 is 0 Å². The molecule has 0 radical (unpaired) electrons. The third kappa shape index (κ3) is 2.91. The van der Waals surface area contributed by atoms with E-state index < -0.39 is 0 Å². The van der Waals surface area contributed by atoms with E-state index in [1.807, 2.05) is 19.4 Å². The van der Waals surface area contributed by atoms with Gasteiger partial charge in [0.1, 0.15) is 5.82 Å². The third-order valence-electron chi connectivity index (χ3n) is 2.36. The smallest absolute Gasteiger partial charge is 0.109 e. The Morgan fingerprint density at radius 3 is 3.13 bits per heavy atom. The summed E-state index contributed by atoms with van der Waals surface area (Å²) in [5.74, 6) is 1.13. The number of aromatic nitrogens is 2. The molecule has 0 aromatic carbocycles. The molecule has 2 aromatic heterocycles. The second-order valence-electron chi connectivity index (χ2n) is 3.51. The fourth-order valence-corrected chi connectivity index (χ4v) is 2.13. The van der Waals surface area contributed by atoms with Crippen LogP contribution in [0.4, 0.5) is 0 Å². The number of nitrogens with zero attached hydrogens (tertiary/aromatic N) is 2. The van der Waals surface area contributed by atoms with Gasteiger partial charge in [0, 0.05) is 39.0 Å². The van der Waals surface area contributed by atoms with Crippen molar-refractivity contribution < 1.29 is 0 Å². The quantitative estimate of drug-likeness (QED) is 0.780. The van der Waals surface area contributed by atoms with Crippen LogP contribution < -0.4 is 5.32 Å². The van der Waals surface area contributed by atoms with Crippen LogP contribution in [0.25, 0.3) is 0 Å². The summed E-state index contributed by atoms with van der Waals surface area (Å²) < 4.78 is 2.06. The maximum atomic E-state index is 4.28. The molecule has 2 aromatic rings. The van der Waals surface area contributed by atoms with Crippen LogP contribution in [0.3, 0.4) is 0 Å². The van der Waals surface area contributed by atoms with Gasteiger partial charge in [0.15, 0.2) is 0 Å². The van der Waals surface area contributed by atoms with Crippen LogP contribution in [-0.2, 0) is 20.0 Å². The fraction of sp³-hybridized carbons (Fsp3) is 0.364. The Bertz CT molecular complexity index is 392. The number of imidazole rings is 1. The molecule has 0 aliphatic heterocycles. The first kappa shape index (κ1) is 10.4. The average molecular weight is 221 g/mol. The zero-order valence-electron chi connectivity index (χ0n) is 8.81. The van der Waals surface area contributed by atoms with E-state index in [2.05, 4.69) is 31.7 Å². The van der Waals surface area contributed by atoms with Gasteiger partial charge in [-0.05, 0) is 22.4 Å². The lowest BCUT2D eigenvalue weighted by molar-refractivity contribution is 0.656. The van der Waals surface area contributed by atoms with Crippen LogP contribution in [0.2, 0.25) is 0 Å². The molecule has 2 rings (SSSR count). The molecule has 2 heterocycles. The summed E-state index contributed by atoms with van der Waals surface area (Å²) in [5, 5.41) is 7.69. The molecule has 0 atom stereocenters. The lowest BCUT2D eigenvalue weighted by Gasteiger charge is -2.03. The first-order valence-corrected chi connectivity index (χ1v) is 5.98. The van der Waals surface area contributed by atoms with E-state index in [4.69, 9.17) is 0 Å². The van der Waals surface area contributed by atoms with Gasteiger partial charge in [0.05, 0.1) is 0 Å². The lowest BCUT2D eigenvalue weighted by atomic mass is 10.3. The normalized spacial score (nSPS) is 10.7. The summed E-state index contributed by atoms with van der Waals surface area (Å²) in [6, 6.07) is 2.15. The van der Waals surface area contributed by atoms with Crippen molar-refractivity contribution in [3.05, 3.63) is 40.6 Å². The van der Waals surface area contributed by atoms with Gasteiger partial charge in [-0.3, -0.25) is 0 Å². The molecule has 15 heavy (non-hydrogen) atoms. The molecule has 0 bridgehead atoms. The highest BCUT2D eigenvalue weighted by Crippen LogP contribution is 2.04. The molecule has 0 fully saturated rings. The Balaban J connectivity index is 1.70.